The summed E-state index contributed by atoms with van der Waals surface area (Å²) in [5.41, 5.74) is 0. The van der Waals surface area contributed by atoms with Gasteiger partial charge in [0.1, 0.15) is 5.82 Å². The molecule has 0 aliphatic heterocycles. The fourth-order valence-electron chi connectivity index (χ4n) is 1.97. The number of aryl methyl sites for hydroxylation is 1. The minimum Gasteiger partial charge on any atom is -0.396 e. The first-order valence-corrected chi connectivity index (χ1v) is 6.63. The van der Waals surface area contributed by atoms with Gasteiger partial charge in [0.2, 0.25) is 0 Å². The molecule has 17 heavy (non-hydrogen) atoms. The topological polar surface area (TPSA) is 50.1 Å². The molecule has 0 aliphatic rings. The quantitative estimate of drug-likeness (QED) is 0.691. The van der Waals surface area contributed by atoms with Crippen LogP contribution < -0.4 is 5.32 Å². The smallest absolute Gasteiger partial charge is 0.122 e. The molecule has 2 N–H and O–H groups in total. The Hall–Kier alpha value is -0.870. The fraction of sp³-hybridized carbons (Fsp3) is 0.769. The summed E-state index contributed by atoms with van der Waals surface area (Å²) in [5.74, 6) is 1.67. The van der Waals surface area contributed by atoms with Crippen molar-refractivity contribution in [3.8, 4) is 0 Å². The van der Waals surface area contributed by atoms with Gasteiger partial charge < -0.3 is 15.0 Å². The molecule has 1 aromatic rings. The molecule has 4 heteroatoms. The van der Waals surface area contributed by atoms with Crippen LogP contribution in [0.1, 0.15) is 38.9 Å². The van der Waals surface area contributed by atoms with Gasteiger partial charge in [0.05, 0.1) is 6.54 Å². The Morgan fingerprint density at radius 2 is 2.29 bits per heavy atom. The maximum absolute atomic E-state index is 8.92. The molecular weight excluding hydrogens is 214 g/mol. The molecule has 1 aromatic heterocycles. The first kappa shape index (κ1) is 14.2. The van der Waals surface area contributed by atoms with Gasteiger partial charge in [0.25, 0.3) is 0 Å². The summed E-state index contributed by atoms with van der Waals surface area (Å²) in [6.45, 7) is 7.42. The van der Waals surface area contributed by atoms with E-state index < -0.39 is 0 Å². The van der Waals surface area contributed by atoms with Crippen LogP contribution in [0.15, 0.2) is 12.4 Å². The van der Waals surface area contributed by atoms with E-state index in [0.717, 1.165) is 44.7 Å². The lowest BCUT2D eigenvalue weighted by Crippen LogP contribution is -2.24. The van der Waals surface area contributed by atoms with Crippen molar-refractivity contribution in [1.29, 1.82) is 0 Å². The van der Waals surface area contributed by atoms with Crippen molar-refractivity contribution >= 4 is 0 Å². The highest BCUT2D eigenvalue weighted by atomic mass is 16.3. The van der Waals surface area contributed by atoms with Crippen LogP contribution in [0.3, 0.4) is 0 Å². The Balaban J connectivity index is 2.31. The summed E-state index contributed by atoms with van der Waals surface area (Å²) in [6.07, 6.45) is 7.01. The van der Waals surface area contributed by atoms with E-state index in [4.69, 9.17) is 5.11 Å². The van der Waals surface area contributed by atoms with Crippen molar-refractivity contribution in [1.82, 2.24) is 14.9 Å². The second kappa shape index (κ2) is 8.25. The Morgan fingerprint density at radius 3 is 2.94 bits per heavy atom. The highest BCUT2D eigenvalue weighted by molar-refractivity contribution is 4.91. The van der Waals surface area contributed by atoms with E-state index in [-0.39, 0.29) is 6.61 Å². The van der Waals surface area contributed by atoms with E-state index in [0.29, 0.717) is 5.92 Å². The number of imidazole rings is 1. The zero-order valence-corrected chi connectivity index (χ0v) is 11.0. The zero-order valence-electron chi connectivity index (χ0n) is 11.0. The number of hydrogen-bond acceptors (Lipinski definition) is 3. The first-order chi connectivity index (χ1) is 8.31. The summed E-state index contributed by atoms with van der Waals surface area (Å²) < 4.78 is 2.19. The van der Waals surface area contributed by atoms with Gasteiger partial charge in [-0.25, -0.2) is 4.98 Å². The van der Waals surface area contributed by atoms with Gasteiger partial charge >= 0.3 is 0 Å². The Kier molecular flexibility index (Phi) is 6.89. The minimum absolute atomic E-state index is 0.282. The van der Waals surface area contributed by atoms with Crippen LogP contribution in [0.4, 0.5) is 0 Å². The van der Waals surface area contributed by atoms with E-state index in [9.17, 15) is 0 Å². The third-order valence-corrected chi connectivity index (χ3v) is 3.10. The van der Waals surface area contributed by atoms with Crippen molar-refractivity contribution in [2.24, 2.45) is 5.92 Å². The van der Waals surface area contributed by atoms with Crippen molar-refractivity contribution in [3.05, 3.63) is 18.2 Å². The first-order valence-electron chi connectivity index (χ1n) is 6.63. The maximum Gasteiger partial charge on any atom is 0.122 e. The monoisotopic (exact) mass is 239 g/mol. The molecule has 0 spiro atoms. The average molecular weight is 239 g/mol. The number of rotatable bonds is 9. The van der Waals surface area contributed by atoms with Crippen LogP contribution >= 0.6 is 0 Å². The van der Waals surface area contributed by atoms with Gasteiger partial charge in [-0.3, -0.25) is 0 Å². The molecule has 0 saturated heterocycles. The van der Waals surface area contributed by atoms with Crippen LogP contribution in [0, 0.1) is 5.92 Å². The molecule has 0 amide bonds. The number of hydrogen-bond donors (Lipinski definition) is 2. The van der Waals surface area contributed by atoms with Crippen LogP contribution in [0.2, 0.25) is 0 Å². The highest BCUT2D eigenvalue weighted by Gasteiger charge is 2.06. The Labute approximate surface area is 104 Å². The number of nitrogens with zero attached hydrogens (tertiary/aromatic N) is 2. The SMILES string of the molecule is CCCn1ccnc1CNCC(CC)CCO. The summed E-state index contributed by atoms with van der Waals surface area (Å²) >= 11 is 0. The van der Waals surface area contributed by atoms with Crippen LogP contribution in [-0.4, -0.2) is 27.8 Å². The van der Waals surface area contributed by atoms with E-state index in [2.05, 4.69) is 28.7 Å². The van der Waals surface area contributed by atoms with Crippen LogP contribution in [-0.2, 0) is 13.1 Å². The van der Waals surface area contributed by atoms with E-state index in [1.807, 2.05) is 12.4 Å². The molecule has 1 atom stereocenters. The van der Waals surface area contributed by atoms with Crippen LogP contribution in [0.25, 0.3) is 0 Å². The van der Waals surface area contributed by atoms with Crippen molar-refractivity contribution in [2.75, 3.05) is 13.2 Å². The molecule has 0 saturated carbocycles. The Morgan fingerprint density at radius 1 is 1.47 bits per heavy atom. The van der Waals surface area contributed by atoms with E-state index in [1.165, 1.54) is 0 Å². The predicted molar refractivity (Wildman–Crippen MR) is 69.7 cm³/mol. The molecular formula is C13H25N3O. The molecule has 4 nitrogen and oxygen atoms in total. The third-order valence-electron chi connectivity index (χ3n) is 3.10. The molecule has 0 fully saturated rings. The summed E-state index contributed by atoms with van der Waals surface area (Å²) in [4.78, 5) is 4.35. The van der Waals surface area contributed by atoms with Gasteiger partial charge in [-0.05, 0) is 25.3 Å². The largest absolute Gasteiger partial charge is 0.396 e. The second-order valence-corrected chi connectivity index (χ2v) is 4.45. The number of nitrogens with one attached hydrogen (secondary N) is 1. The van der Waals surface area contributed by atoms with Crippen molar-refractivity contribution in [2.45, 2.75) is 46.2 Å². The minimum atomic E-state index is 0.282. The van der Waals surface area contributed by atoms with Crippen LogP contribution in [0.5, 0.6) is 0 Å². The molecule has 1 rings (SSSR count). The molecule has 98 valence electrons. The lowest BCUT2D eigenvalue weighted by molar-refractivity contribution is 0.251. The van der Waals surface area contributed by atoms with Gasteiger partial charge in [-0.15, -0.1) is 0 Å². The summed E-state index contributed by atoms with van der Waals surface area (Å²) in [7, 11) is 0. The average Bonchev–Trinajstić information content (AvgIpc) is 2.76. The normalized spacial score (nSPS) is 12.9. The van der Waals surface area contributed by atoms with E-state index in [1.54, 1.807) is 0 Å². The highest BCUT2D eigenvalue weighted by Crippen LogP contribution is 2.06. The zero-order chi connectivity index (χ0) is 12.5. The Bertz CT molecular complexity index is 299. The fourth-order valence-corrected chi connectivity index (χ4v) is 1.97. The number of aliphatic hydroxyl groups excluding tert-OH is 1. The molecule has 0 radical (unpaired) electrons. The molecule has 0 bridgehead atoms. The van der Waals surface area contributed by atoms with E-state index >= 15 is 0 Å². The summed E-state index contributed by atoms with van der Waals surface area (Å²) in [5, 5.41) is 12.3. The number of aromatic nitrogens is 2. The summed E-state index contributed by atoms with van der Waals surface area (Å²) in [6, 6.07) is 0. The molecule has 1 heterocycles. The molecule has 1 unspecified atom stereocenters. The standard InChI is InChI=1S/C13H25N3O/c1-3-7-16-8-6-15-13(16)11-14-10-12(4-2)5-9-17/h6,8,12,14,17H,3-5,7,9-11H2,1-2H3. The lowest BCUT2D eigenvalue weighted by Gasteiger charge is -2.14. The third kappa shape index (κ3) is 4.88. The van der Waals surface area contributed by atoms with Gasteiger partial charge in [-0.2, -0.15) is 0 Å². The van der Waals surface area contributed by atoms with Gasteiger partial charge in [-0.1, -0.05) is 20.3 Å². The second-order valence-electron chi connectivity index (χ2n) is 4.45. The van der Waals surface area contributed by atoms with Crippen molar-refractivity contribution < 1.29 is 5.11 Å². The molecule has 0 aromatic carbocycles. The molecule has 0 aliphatic carbocycles. The van der Waals surface area contributed by atoms with Crippen molar-refractivity contribution in [3.63, 3.8) is 0 Å². The number of aliphatic hydroxyl groups is 1. The predicted octanol–water partition coefficient (Wildman–Crippen LogP) is 1.79. The maximum atomic E-state index is 8.92. The lowest BCUT2D eigenvalue weighted by atomic mass is 10.0. The van der Waals surface area contributed by atoms with Gasteiger partial charge in [0.15, 0.2) is 0 Å². The van der Waals surface area contributed by atoms with Gasteiger partial charge in [0, 0.05) is 25.5 Å².